The molecule has 0 radical (unpaired) electrons. The quantitative estimate of drug-likeness (QED) is 0.728. The standard InChI is InChI=1S/C18H17NS/c1-19-18(17-8-5-13-20-17)16-11-9-15(10-12-16)14-6-3-2-4-7-14/h2-13,18-19H,1H3. The Hall–Kier alpha value is -1.90. The van der Waals surface area contributed by atoms with Crippen LogP contribution in [0.25, 0.3) is 11.1 Å². The zero-order valence-corrected chi connectivity index (χ0v) is 12.2. The molecular formula is C18H17NS. The lowest BCUT2D eigenvalue weighted by Crippen LogP contribution is -2.16. The largest absolute Gasteiger partial charge is 0.309 e. The Morgan fingerprint density at radius 2 is 1.50 bits per heavy atom. The molecule has 0 fully saturated rings. The van der Waals surface area contributed by atoms with E-state index < -0.39 is 0 Å². The van der Waals surface area contributed by atoms with Gasteiger partial charge in [-0.3, -0.25) is 0 Å². The van der Waals surface area contributed by atoms with Gasteiger partial charge in [0.2, 0.25) is 0 Å². The Balaban J connectivity index is 1.89. The summed E-state index contributed by atoms with van der Waals surface area (Å²) in [6, 6.07) is 23.9. The molecule has 1 unspecified atom stereocenters. The Kier molecular flexibility index (Phi) is 3.95. The van der Waals surface area contributed by atoms with E-state index in [-0.39, 0.29) is 6.04 Å². The molecule has 100 valence electrons. The molecule has 0 aliphatic rings. The molecule has 1 nitrogen and oxygen atoms in total. The van der Waals surface area contributed by atoms with Crippen LogP contribution >= 0.6 is 11.3 Å². The van der Waals surface area contributed by atoms with Gasteiger partial charge in [-0.05, 0) is 35.2 Å². The molecule has 0 spiro atoms. The maximum absolute atomic E-state index is 3.39. The van der Waals surface area contributed by atoms with Crippen LogP contribution in [0.15, 0.2) is 72.1 Å². The molecule has 0 saturated heterocycles. The van der Waals surface area contributed by atoms with Gasteiger partial charge in [0.25, 0.3) is 0 Å². The predicted octanol–water partition coefficient (Wildman–Crippen LogP) is 4.72. The van der Waals surface area contributed by atoms with Gasteiger partial charge in [0, 0.05) is 4.88 Å². The fraction of sp³-hybridized carbons (Fsp3) is 0.111. The van der Waals surface area contributed by atoms with E-state index in [9.17, 15) is 0 Å². The van der Waals surface area contributed by atoms with Crippen molar-refractivity contribution in [1.82, 2.24) is 5.32 Å². The molecule has 0 aliphatic heterocycles. The lowest BCUT2D eigenvalue weighted by Gasteiger charge is -2.15. The molecule has 1 heterocycles. The number of nitrogens with one attached hydrogen (secondary N) is 1. The molecule has 1 N–H and O–H groups in total. The van der Waals surface area contributed by atoms with Crippen molar-refractivity contribution < 1.29 is 0 Å². The zero-order valence-electron chi connectivity index (χ0n) is 11.4. The van der Waals surface area contributed by atoms with Crippen LogP contribution < -0.4 is 5.32 Å². The van der Waals surface area contributed by atoms with Crippen molar-refractivity contribution in [2.75, 3.05) is 7.05 Å². The van der Waals surface area contributed by atoms with Crippen LogP contribution in [-0.2, 0) is 0 Å². The fourth-order valence-electron chi connectivity index (χ4n) is 2.43. The van der Waals surface area contributed by atoms with Crippen LogP contribution in [0, 0.1) is 0 Å². The van der Waals surface area contributed by atoms with Crippen molar-refractivity contribution in [3.05, 3.63) is 82.6 Å². The summed E-state index contributed by atoms with van der Waals surface area (Å²) in [5.74, 6) is 0. The minimum absolute atomic E-state index is 0.278. The number of benzene rings is 2. The third kappa shape index (κ3) is 2.67. The summed E-state index contributed by atoms with van der Waals surface area (Å²) in [6.45, 7) is 0. The highest BCUT2D eigenvalue weighted by atomic mass is 32.1. The van der Waals surface area contributed by atoms with Crippen LogP contribution in [0.3, 0.4) is 0 Å². The van der Waals surface area contributed by atoms with Crippen LogP contribution in [0.5, 0.6) is 0 Å². The second kappa shape index (κ2) is 6.04. The molecular weight excluding hydrogens is 262 g/mol. The maximum atomic E-state index is 3.39. The van der Waals surface area contributed by atoms with Gasteiger partial charge in [0.1, 0.15) is 0 Å². The number of thiophene rings is 1. The van der Waals surface area contributed by atoms with E-state index >= 15 is 0 Å². The molecule has 1 aromatic heterocycles. The smallest absolute Gasteiger partial charge is 0.0668 e. The lowest BCUT2D eigenvalue weighted by molar-refractivity contribution is 0.704. The second-order valence-corrected chi connectivity index (χ2v) is 5.70. The van der Waals surface area contributed by atoms with E-state index in [4.69, 9.17) is 0 Å². The van der Waals surface area contributed by atoms with Gasteiger partial charge in [-0.15, -0.1) is 11.3 Å². The summed E-state index contributed by atoms with van der Waals surface area (Å²) in [5.41, 5.74) is 3.82. The van der Waals surface area contributed by atoms with Crippen LogP contribution in [0.1, 0.15) is 16.5 Å². The zero-order chi connectivity index (χ0) is 13.8. The van der Waals surface area contributed by atoms with Crippen LogP contribution in [0.2, 0.25) is 0 Å². The summed E-state index contributed by atoms with van der Waals surface area (Å²) in [6.07, 6.45) is 0. The third-order valence-corrected chi connectivity index (χ3v) is 4.40. The Morgan fingerprint density at radius 1 is 0.800 bits per heavy atom. The SMILES string of the molecule is CNC(c1ccc(-c2ccccc2)cc1)c1cccs1. The minimum atomic E-state index is 0.278. The Morgan fingerprint density at radius 3 is 2.10 bits per heavy atom. The summed E-state index contributed by atoms with van der Waals surface area (Å²) >= 11 is 1.79. The first-order valence-electron chi connectivity index (χ1n) is 6.74. The Bertz CT molecular complexity index is 642. The molecule has 3 aromatic rings. The van der Waals surface area contributed by atoms with Gasteiger partial charge in [-0.25, -0.2) is 0 Å². The molecule has 2 heteroatoms. The van der Waals surface area contributed by atoms with Gasteiger partial charge < -0.3 is 5.32 Å². The van der Waals surface area contributed by atoms with Gasteiger partial charge in [-0.2, -0.15) is 0 Å². The van der Waals surface area contributed by atoms with Crippen molar-refractivity contribution in [2.24, 2.45) is 0 Å². The predicted molar refractivity (Wildman–Crippen MR) is 87.1 cm³/mol. The second-order valence-electron chi connectivity index (χ2n) is 4.73. The van der Waals surface area contributed by atoms with Gasteiger partial charge >= 0.3 is 0 Å². The van der Waals surface area contributed by atoms with Crippen molar-refractivity contribution in [3.63, 3.8) is 0 Å². The molecule has 20 heavy (non-hydrogen) atoms. The van der Waals surface area contributed by atoms with Gasteiger partial charge in [0.15, 0.2) is 0 Å². The molecule has 0 aliphatic carbocycles. The molecule has 0 saturated carbocycles. The topological polar surface area (TPSA) is 12.0 Å². The minimum Gasteiger partial charge on any atom is -0.309 e. The van der Waals surface area contributed by atoms with Crippen molar-refractivity contribution in [3.8, 4) is 11.1 Å². The normalized spacial score (nSPS) is 12.2. The molecule has 1 atom stereocenters. The van der Waals surface area contributed by atoms with Crippen molar-refractivity contribution in [1.29, 1.82) is 0 Å². The van der Waals surface area contributed by atoms with Crippen LogP contribution in [-0.4, -0.2) is 7.05 Å². The highest BCUT2D eigenvalue weighted by Crippen LogP contribution is 2.27. The van der Waals surface area contributed by atoms with E-state index in [0.29, 0.717) is 0 Å². The molecule has 0 amide bonds. The van der Waals surface area contributed by atoms with E-state index in [1.165, 1.54) is 21.6 Å². The van der Waals surface area contributed by atoms with E-state index in [0.717, 1.165) is 0 Å². The van der Waals surface area contributed by atoms with Gasteiger partial charge in [-0.1, -0.05) is 60.7 Å². The monoisotopic (exact) mass is 279 g/mol. The number of hydrogen-bond acceptors (Lipinski definition) is 2. The van der Waals surface area contributed by atoms with Crippen molar-refractivity contribution in [2.45, 2.75) is 6.04 Å². The summed E-state index contributed by atoms with van der Waals surface area (Å²) in [7, 11) is 2.01. The van der Waals surface area contributed by atoms with Gasteiger partial charge in [0.05, 0.1) is 6.04 Å². The third-order valence-electron chi connectivity index (χ3n) is 3.47. The fourth-order valence-corrected chi connectivity index (χ4v) is 3.29. The lowest BCUT2D eigenvalue weighted by atomic mass is 10.00. The summed E-state index contributed by atoms with van der Waals surface area (Å²) < 4.78 is 0. The molecule has 2 aromatic carbocycles. The van der Waals surface area contributed by atoms with E-state index in [2.05, 4.69) is 71.4 Å². The van der Waals surface area contributed by atoms with Crippen molar-refractivity contribution >= 4 is 11.3 Å². The summed E-state index contributed by atoms with van der Waals surface area (Å²) in [4.78, 5) is 1.35. The molecule has 3 rings (SSSR count). The molecule has 0 bridgehead atoms. The average Bonchev–Trinajstić information content (AvgIpc) is 3.04. The first-order chi connectivity index (χ1) is 9.88. The average molecular weight is 279 g/mol. The van der Waals surface area contributed by atoms with E-state index in [1.807, 2.05) is 13.1 Å². The van der Waals surface area contributed by atoms with Crippen LogP contribution in [0.4, 0.5) is 0 Å². The highest BCUT2D eigenvalue weighted by Gasteiger charge is 2.12. The van der Waals surface area contributed by atoms with E-state index in [1.54, 1.807) is 11.3 Å². The highest BCUT2D eigenvalue weighted by molar-refractivity contribution is 7.10. The number of rotatable bonds is 4. The first-order valence-corrected chi connectivity index (χ1v) is 7.62. The first kappa shape index (κ1) is 13.1. The summed E-state index contributed by atoms with van der Waals surface area (Å²) in [5, 5.41) is 5.51. The maximum Gasteiger partial charge on any atom is 0.0668 e. The Labute approximate surface area is 123 Å². The number of hydrogen-bond donors (Lipinski definition) is 1.